The first-order valence-electron chi connectivity index (χ1n) is 7.87. The Kier molecular flexibility index (Phi) is 7.12. The minimum Gasteiger partial charge on any atom is -0.377 e. The highest BCUT2D eigenvalue weighted by Gasteiger charge is 2.35. The molecule has 1 rings (SSSR count). The van der Waals surface area contributed by atoms with Crippen molar-refractivity contribution in [2.24, 2.45) is 16.3 Å². The van der Waals surface area contributed by atoms with Gasteiger partial charge in [-0.15, -0.1) is 0 Å². The summed E-state index contributed by atoms with van der Waals surface area (Å²) in [4.78, 5) is 4.14. The zero-order chi connectivity index (χ0) is 16.8. The van der Waals surface area contributed by atoms with Gasteiger partial charge < -0.3 is 15.4 Å². The van der Waals surface area contributed by atoms with E-state index in [9.17, 15) is 8.42 Å². The van der Waals surface area contributed by atoms with Crippen molar-refractivity contribution in [1.29, 1.82) is 0 Å². The van der Waals surface area contributed by atoms with Crippen LogP contribution in [0.15, 0.2) is 4.99 Å². The Morgan fingerprint density at radius 1 is 1.32 bits per heavy atom. The van der Waals surface area contributed by atoms with Crippen molar-refractivity contribution in [3.05, 3.63) is 0 Å². The molecule has 0 aliphatic carbocycles. The lowest BCUT2D eigenvalue weighted by Crippen LogP contribution is -2.48. The maximum Gasteiger partial charge on any atom is 0.191 e. The Morgan fingerprint density at radius 3 is 2.55 bits per heavy atom. The molecule has 2 atom stereocenters. The fourth-order valence-electron chi connectivity index (χ4n) is 2.81. The molecule has 1 aliphatic rings. The lowest BCUT2D eigenvalue weighted by atomic mass is 9.78. The molecule has 130 valence electrons. The normalized spacial score (nSPS) is 24.1. The van der Waals surface area contributed by atoms with Crippen molar-refractivity contribution in [2.45, 2.75) is 39.7 Å². The zero-order valence-electron chi connectivity index (χ0n) is 14.5. The summed E-state index contributed by atoms with van der Waals surface area (Å²) < 4.78 is 28.3. The van der Waals surface area contributed by atoms with Crippen LogP contribution in [0.4, 0.5) is 0 Å². The standard InChI is InChI=1S/C15H31N3O3S/c1-15(2,3)13-12(7-6-9-21-13)11-18-14(16-4)17-8-10-22(5,19)20/h12-13H,6-11H2,1-5H3,(H2,16,17,18). The Balaban J connectivity index is 2.47. The highest BCUT2D eigenvalue weighted by Crippen LogP contribution is 2.33. The van der Waals surface area contributed by atoms with Crippen molar-refractivity contribution in [3.63, 3.8) is 0 Å². The summed E-state index contributed by atoms with van der Waals surface area (Å²) in [6, 6.07) is 0. The molecule has 1 aliphatic heterocycles. The van der Waals surface area contributed by atoms with Gasteiger partial charge >= 0.3 is 0 Å². The maximum absolute atomic E-state index is 11.1. The van der Waals surface area contributed by atoms with E-state index in [-0.39, 0.29) is 17.3 Å². The lowest BCUT2D eigenvalue weighted by Gasteiger charge is -2.40. The van der Waals surface area contributed by atoms with E-state index in [1.54, 1.807) is 7.05 Å². The Morgan fingerprint density at radius 2 is 2.00 bits per heavy atom. The van der Waals surface area contributed by atoms with Gasteiger partial charge in [-0.3, -0.25) is 4.99 Å². The van der Waals surface area contributed by atoms with Crippen molar-refractivity contribution in [1.82, 2.24) is 10.6 Å². The largest absolute Gasteiger partial charge is 0.377 e. The van der Waals surface area contributed by atoms with E-state index in [4.69, 9.17) is 4.74 Å². The number of sulfone groups is 1. The SMILES string of the molecule is CN=C(NCCS(C)(=O)=O)NCC1CCCOC1C(C)(C)C. The molecule has 0 amide bonds. The van der Waals surface area contributed by atoms with E-state index >= 15 is 0 Å². The van der Waals surface area contributed by atoms with Gasteiger partial charge in [0.15, 0.2) is 5.96 Å². The van der Waals surface area contributed by atoms with Crippen LogP contribution in [0.2, 0.25) is 0 Å². The molecule has 1 fully saturated rings. The minimum absolute atomic E-state index is 0.102. The molecule has 6 nitrogen and oxygen atoms in total. The summed E-state index contributed by atoms with van der Waals surface area (Å²) in [7, 11) is -1.27. The molecule has 7 heteroatoms. The molecule has 2 N–H and O–H groups in total. The third-order valence-corrected chi connectivity index (χ3v) is 4.76. The van der Waals surface area contributed by atoms with Gasteiger partial charge in [-0.1, -0.05) is 20.8 Å². The van der Waals surface area contributed by atoms with E-state index in [0.29, 0.717) is 18.4 Å². The molecule has 0 radical (unpaired) electrons. The molecule has 0 saturated carbocycles. The van der Waals surface area contributed by atoms with Gasteiger partial charge in [-0.05, 0) is 18.3 Å². The predicted octanol–water partition coefficient (Wildman–Crippen LogP) is 1.04. The molecule has 1 saturated heterocycles. The van der Waals surface area contributed by atoms with E-state index in [2.05, 4.69) is 36.4 Å². The van der Waals surface area contributed by atoms with Crippen LogP contribution >= 0.6 is 0 Å². The molecule has 0 aromatic carbocycles. The molecular weight excluding hydrogens is 302 g/mol. The van der Waals surface area contributed by atoms with Gasteiger partial charge in [0.2, 0.25) is 0 Å². The first kappa shape index (κ1) is 19.2. The summed E-state index contributed by atoms with van der Waals surface area (Å²) >= 11 is 0. The third kappa shape index (κ3) is 6.96. The number of rotatable bonds is 5. The summed E-state index contributed by atoms with van der Waals surface area (Å²) in [5.41, 5.74) is 0.111. The summed E-state index contributed by atoms with van der Waals surface area (Å²) in [6.07, 6.45) is 3.68. The zero-order valence-corrected chi connectivity index (χ0v) is 15.3. The Labute approximate surface area is 135 Å². The second-order valence-electron chi connectivity index (χ2n) is 7.07. The Bertz CT molecular complexity index is 469. The van der Waals surface area contributed by atoms with Crippen LogP contribution in [0.5, 0.6) is 0 Å². The molecule has 2 unspecified atom stereocenters. The molecule has 0 aromatic heterocycles. The summed E-state index contributed by atoms with van der Waals surface area (Å²) in [5, 5.41) is 6.33. The monoisotopic (exact) mass is 333 g/mol. The van der Waals surface area contributed by atoms with Crippen LogP contribution < -0.4 is 10.6 Å². The first-order valence-corrected chi connectivity index (χ1v) is 9.93. The van der Waals surface area contributed by atoms with E-state index in [1.807, 2.05) is 0 Å². The van der Waals surface area contributed by atoms with Crippen molar-refractivity contribution in [2.75, 3.05) is 38.8 Å². The summed E-state index contributed by atoms with van der Waals surface area (Å²) in [6.45, 7) is 8.59. The molecular formula is C15H31N3O3S. The fraction of sp³-hybridized carbons (Fsp3) is 0.933. The van der Waals surface area contributed by atoms with Gasteiger partial charge in [0, 0.05) is 38.9 Å². The number of nitrogens with zero attached hydrogens (tertiary/aromatic N) is 1. The molecule has 0 bridgehead atoms. The van der Waals surface area contributed by atoms with Crippen LogP contribution in [-0.2, 0) is 14.6 Å². The van der Waals surface area contributed by atoms with Crippen LogP contribution in [0, 0.1) is 11.3 Å². The van der Waals surface area contributed by atoms with Gasteiger partial charge in [0.1, 0.15) is 9.84 Å². The maximum atomic E-state index is 11.1. The van der Waals surface area contributed by atoms with Gasteiger partial charge in [0.25, 0.3) is 0 Å². The van der Waals surface area contributed by atoms with E-state index in [1.165, 1.54) is 6.26 Å². The lowest BCUT2D eigenvalue weighted by molar-refractivity contribution is -0.0835. The van der Waals surface area contributed by atoms with Crippen LogP contribution in [0.25, 0.3) is 0 Å². The topological polar surface area (TPSA) is 79.8 Å². The summed E-state index contributed by atoms with van der Waals surface area (Å²) in [5.74, 6) is 1.18. The van der Waals surface area contributed by atoms with Gasteiger partial charge in [-0.2, -0.15) is 0 Å². The van der Waals surface area contributed by atoms with Crippen molar-refractivity contribution in [3.8, 4) is 0 Å². The first-order chi connectivity index (χ1) is 10.1. The Hall–Kier alpha value is -0.820. The number of nitrogens with one attached hydrogen (secondary N) is 2. The second kappa shape index (κ2) is 8.15. The molecule has 0 spiro atoms. The number of aliphatic imine (C=N–C) groups is 1. The van der Waals surface area contributed by atoms with E-state index < -0.39 is 9.84 Å². The van der Waals surface area contributed by atoms with Crippen LogP contribution in [0.1, 0.15) is 33.6 Å². The van der Waals surface area contributed by atoms with Crippen molar-refractivity contribution < 1.29 is 13.2 Å². The van der Waals surface area contributed by atoms with Gasteiger partial charge in [-0.25, -0.2) is 8.42 Å². The third-order valence-electron chi connectivity index (χ3n) is 3.82. The average molecular weight is 333 g/mol. The number of hydrogen-bond acceptors (Lipinski definition) is 4. The molecule has 22 heavy (non-hydrogen) atoms. The molecule has 1 heterocycles. The van der Waals surface area contributed by atoms with Gasteiger partial charge in [0.05, 0.1) is 11.9 Å². The number of ether oxygens (including phenoxy) is 1. The predicted molar refractivity (Wildman–Crippen MR) is 91.0 cm³/mol. The average Bonchev–Trinajstić information content (AvgIpc) is 2.40. The van der Waals surface area contributed by atoms with Crippen LogP contribution in [0.3, 0.4) is 0 Å². The quantitative estimate of drug-likeness (QED) is 0.580. The van der Waals surface area contributed by atoms with Crippen molar-refractivity contribution >= 4 is 15.8 Å². The number of guanidine groups is 1. The number of hydrogen-bond donors (Lipinski definition) is 2. The van der Waals surface area contributed by atoms with Crippen LogP contribution in [-0.4, -0.2) is 59.2 Å². The fourth-order valence-corrected chi connectivity index (χ4v) is 3.29. The highest BCUT2D eigenvalue weighted by atomic mass is 32.2. The molecule has 0 aromatic rings. The highest BCUT2D eigenvalue weighted by molar-refractivity contribution is 7.90. The smallest absolute Gasteiger partial charge is 0.191 e. The van der Waals surface area contributed by atoms with E-state index in [0.717, 1.165) is 26.0 Å². The second-order valence-corrected chi connectivity index (χ2v) is 9.33. The minimum atomic E-state index is -2.96.